The molecular formula is C17H18N8OS. The molecule has 2 N–H and O–H groups in total. The lowest BCUT2D eigenvalue weighted by atomic mass is 10.0. The van der Waals surface area contributed by atoms with E-state index in [2.05, 4.69) is 40.9 Å². The molecule has 0 aromatic carbocycles. The minimum absolute atomic E-state index is 0.238. The van der Waals surface area contributed by atoms with Gasteiger partial charge in [0.1, 0.15) is 17.1 Å². The van der Waals surface area contributed by atoms with Crippen molar-refractivity contribution < 1.29 is 4.79 Å². The number of hydrogen-bond donors (Lipinski definition) is 2. The van der Waals surface area contributed by atoms with Crippen molar-refractivity contribution in [2.24, 2.45) is 0 Å². The Morgan fingerprint density at radius 1 is 1.15 bits per heavy atom. The van der Waals surface area contributed by atoms with Gasteiger partial charge in [-0.25, -0.2) is 4.98 Å². The molecule has 1 aliphatic heterocycles. The molecule has 0 radical (unpaired) electrons. The van der Waals surface area contributed by atoms with Crippen LogP contribution in [0.25, 0.3) is 0 Å². The van der Waals surface area contributed by atoms with E-state index in [1.807, 2.05) is 18.2 Å². The fourth-order valence-electron chi connectivity index (χ4n) is 2.94. The van der Waals surface area contributed by atoms with E-state index in [-0.39, 0.29) is 5.91 Å². The number of anilines is 3. The highest BCUT2D eigenvalue weighted by atomic mass is 32.1. The van der Waals surface area contributed by atoms with Gasteiger partial charge in [0.25, 0.3) is 5.91 Å². The third kappa shape index (κ3) is 4.34. The second kappa shape index (κ2) is 8.04. The Balaban J connectivity index is 1.31. The molecule has 0 aliphatic carbocycles. The summed E-state index contributed by atoms with van der Waals surface area (Å²) in [7, 11) is 0. The van der Waals surface area contributed by atoms with Crippen molar-refractivity contribution in [2.75, 3.05) is 28.6 Å². The van der Waals surface area contributed by atoms with Crippen molar-refractivity contribution in [1.82, 2.24) is 25.4 Å². The number of carbonyl (C=O) groups excluding carboxylic acids is 1. The van der Waals surface area contributed by atoms with Gasteiger partial charge in [0.2, 0.25) is 5.13 Å². The maximum Gasteiger partial charge on any atom is 0.259 e. The van der Waals surface area contributed by atoms with E-state index in [0.717, 1.165) is 37.6 Å². The van der Waals surface area contributed by atoms with Crippen LogP contribution in [-0.4, -0.2) is 50.4 Å². The maximum absolute atomic E-state index is 12.2. The number of hydrogen-bond acceptors (Lipinski definition) is 9. The lowest BCUT2D eigenvalue weighted by Gasteiger charge is -2.33. The van der Waals surface area contributed by atoms with Gasteiger partial charge in [0, 0.05) is 31.5 Å². The minimum Gasteiger partial charge on any atom is -0.366 e. The fraction of sp³-hybridized carbons (Fsp3) is 0.294. The van der Waals surface area contributed by atoms with Gasteiger partial charge in [0.05, 0.1) is 5.56 Å². The van der Waals surface area contributed by atoms with Crippen LogP contribution in [0.5, 0.6) is 0 Å². The Labute approximate surface area is 159 Å². The number of nitrogens with one attached hydrogen (secondary N) is 2. The Morgan fingerprint density at radius 3 is 2.70 bits per heavy atom. The van der Waals surface area contributed by atoms with Crippen LogP contribution < -0.4 is 15.5 Å². The second-order valence-corrected chi connectivity index (χ2v) is 6.95. The van der Waals surface area contributed by atoms with Crippen molar-refractivity contribution in [3.63, 3.8) is 0 Å². The molecule has 10 heteroatoms. The van der Waals surface area contributed by atoms with E-state index < -0.39 is 0 Å². The molecule has 9 nitrogen and oxygen atoms in total. The lowest BCUT2D eigenvalue weighted by molar-refractivity contribution is 0.102. The SMILES string of the molecule is O=C(Nc1nncs1)c1ccc(N2CCC(Nc3cccnn3)CC2)nc1. The predicted octanol–water partition coefficient (Wildman–Crippen LogP) is 2.06. The summed E-state index contributed by atoms with van der Waals surface area (Å²) in [5.41, 5.74) is 2.06. The fourth-order valence-corrected chi connectivity index (χ4v) is 3.38. The highest BCUT2D eigenvalue weighted by Gasteiger charge is 2.20. The highest BCUT2D eigenvalue weighted by molar-refractivity contribution is 7.13. The summed E-state index contributed by atoms with van der Waals surface area (Å²) < 4.78 is 0. The van der Waals surface area contributed by atoms with Gasteiger partial charge in [-0.3, -0.25) is 10.1 Å². The third-order valence-electron chi connectivity index (χ3n) is 4.33. The largest absolute Gasteiger partial charge is 0.366 e. The Bertz CT molecular complexity index is 864. The van der Waals surface area contributed by atoms with Crippen molar-refractivity contribution in [3.8, 4) is 0 Å². The highest BCUT2D eigenvalue weighted by Crippen LogP contribution is 2.20. The van der Waals surface area contributed by atoms with Crippen molar-refractivity contribution in [1.29, 1.82) is 0 Å². The molecule has 0 atom stereocenters. The number of nitrogens with zero attached hydrogens (tertiary/aromatic N) is 6. The Hall–Kier alpha value is -3.14. The van der Waals surface area contributed by atoms with Gasteiger partial charge >= 0.3 is 0 Å². The van der Waals surface area contributed by atoms with Crippen LogP contribution in [0.3, 0.4) is 0 Å². The number of rotatable bonds is 5. The average molecular weight is 382 g/mol. The van der Waals surface area contributed by atoms with Crippen LogP contribution in [0.2, 0.25) is 0 Å². The smallest absolute Gasteiger partial charge is 0.259 e. The zero-order valence-corrected chi connectivity index (χ0v) is 15.3. The summed E-state index contributed by atoms with van der Waals surface area (Å²) in [5, 5.41) is 22.0. The molecule has 27 heavy (non-hydrogen) atoms. The number of pyridine rings is 1. The van der Waals surface area contributed by atoms with Crippen molar-refractivity contribution in [2.45, 2.75) is 18.9 Å². The first kappa shape index (κ1) is 17.3. The number of carbonyl (C=O) groups is 1. The van der Waals surface area contributed by atoms with Gasteiger partial charge in [-0.15, -0.1) is 15.3 Å². The molecule has 4 heterocycles. The zero-order chi connectivity index (χ0) is 18.5. The van der Waals surface area contributed by atoms with E-state index in [9.17, 15) is 4.79 Å². The quantitative estimate of drug-likeness (QED) is 0.690. The molecule has 138 valence electrons. The first-order valence-electron chi connectivity index (χ1n) is 8.61. The van der Waals surface area contributed by atoms with E-state index in [1.165, 1.54) is 11.3 Å². The molecule has 1 amide bonds. The topological polar surface area (TPSA) is 109 Å². The minimum atomic E-state index is -0.238. The van der Waals surface area contributed by atoms with Gasteiger partial charge in [-0.05, 0) is 37.1 Å². The summed E-state index contributed by atoms with van der Waals surface area (Å²) in [5.74, 6) is 1.44. The molecule has 1 fully saturated rings. The van der Waals surface area contributed by atoms with Crippen molar-refractivity contribution >= 4 is 34.0 Å². The number of aromatic nitrogens is 5. The van der Waals surface area contributed by atoms with Crippen LogP contribution in [0, 0.1) is 0 Å². The van der Waals surface area contributed by atoms with Gasteiger partial charge < -0.3 is 10.2 Å². The Kier molecular flexibility index (Phi) is 5.15. The summed E-state index contributed by atoms with van der Waals surface area (Å²) >= 11 is 1.28. The summed E-state index contributed by atoms with van der Waals surface area (Å²) in [4.78, 5) is 18.8. The molecule has 0 bridgehead atoms. The van der Waals surface area contributed by atoms with Gasteiger partial charge in [-0.2, -0.15) is 5.10 Å². The van der Waals surface area contributed by atoms with Crippen LogP contribution in [0.4, 0.5) is 16.8 Å². The number of piperidine rings is 1. The number of amides is 1. The summed E-state index contributed by atoms with van der Waals surface area (Å²) in [6.45, 7) is 1.78. The van der Waals surface area contributed by atoms with Crippen LogP contribution in [0.1, 0.15) is 23.2 Å². The Morgan fingerprint density at radius 2 is 2.04 bits per heavy atom. The maximum atomic E-state index is 12.2. The average Bonchev–Trinajstić information content (AvgIpc) is 3.22. The van der Waals surface area contributed by atoms with E-state index >= 15 is 0 Å². The van der Waals surface area contributed by atoms with Crippen LogP contribution in [0.15, 0.2) is 42.2 Å². The van der Waals surface area contributed by atoms with Gasteiger partial charge in [-0.1, -0.05) is 11.3 Å². The molecule has 0 unspecified atom stereocenters. The summed E-state index contributed by atoms with van der Waals surface area (Å²) in [6, 6.07) is 7.83. The van der Waals surface area contributed by atoms with E-state index in [1.54, 1.807) is 24.0 Å². The summed E-state index contributed by atoms with van der Waals surface area (Å²) in [6.07, 6.45) is 5.22. The van der Waals surface area contributed by atoms with Crippen molar-refractivity contribution in [3.05, 3.63) is 47.7 Å². The van der Waals surface area contributed by atoms with E-state index in [4.69, 9.17) is 0 Å². The first-order chi connectivity index (χ1) is 13.3. The van der Waals surface area contributed by atoms with Crippen LogP contribution >= 0.6 is 11.3 Å². The van der Waals surface area contributed by atoms with E-state index in [0.29, 0.717) is 16.7 Å². The van der Waals surface area contributed by atoms with Gasteiger partial charge in [0.15, 0.2) is 0 Å². The zero-order valence-electron chi connectivity index (χ0n) is 14.4. The standard InChI is InChI=1S/C17H18N8OS/c26-16(22-17-24-20-11-27-17)12-3-4-15(18-10-12)25-8-5-13(6-9-25)21-14-2-1-7-19-23-14/h1-4,7,10-11,13H,5-6,8-9H2,(H,21,23)(H,22,24,26). The van der Waals surface area contributed by atoms with Crippen LogP contribution in [-0.2, 0) is 0 Å². The normalized spacial score (nSPS) is 14.7. The molecule has 1 saturated heterocycles. The predicted molar refractivity (Wildman–Crippen MR) is 103 cm³/mol. The molecule has 4 rings (SSSR count). The molecule has 3 aromatic heterocycles. The molecule has 0 spiro atoms. The molecule has 3 aromatic rings. The first-order valence-corrected chi connectivity index (χ1v) is 9.48. The molecular weight excluding hydrogens is 364 g/mol. The monoisotopic (exact) mass is 382 g/mol. The molecule has 0 saturated carbocycles. The lowest BCUT2D eigenvalue weighted by Crippen LogP contribution is -2.39. The molecule has 1 aliphatic rings. The third-order valence-corrected chi connectivity index (χ3v) is 4.94. The second-order valence-electron chi connectivity index (χ2n) is 6.12.